The van der Waals surface area contributed by atoms with Crippen LogP contribution in [0.15, 0.2) is 72.3 Å². The van der Waals surface area contributed by atoms with Crippen molar-refractivity contribution in [2.24, 2.45) is 0 Å². The molecular formula is C26H19Cl2N3O4S. The number of hydrogen-bond acceptors (Lipinski definition) is 5. The van der Waals surface area contributed by atoms with E-state index in [2.05, 4.69) is 10.6 Å². The number of halogens is 2. The number of rotatable bonds is 6. The summed E-state index contributed by atoms with van der Waals surface area (Å²) in [6.45, 7) is 1.56. The number of nitrogens with one attached hydrogen (secondary N) is 2. The van der Waals surface area contributed by atoms with Gasteiger partial charge in [-0.1, -0.05) is 59.6 Å². The Balaban J connectivity index is 1.52. The van der Waals surface area contributed by atoms with Gasteiger partial charge in [-0.2, -0.15) is 0 Å². The number of benzene rings is 3. The lowest BCUT2D eigenvalue weighted by atomic mass is 10.1. The molecule has 0 aromatic heterocycles. The Labute approximate surface area is 222 Å². The molecule has 7 nitrogen and oxygen atoms in total. The quantitative estimate of drug-likeness (QED) is 0.257. The number of carbonyl (C=O) groups excluding carboxylic acids is 3. The SMILES string of the molecule is Cc1ccccc1NC(=O)COc1c(Cl)cc(/C=C2/C(=O)NC(=S)N(c3ccccc3)C2=O)cc1Cl. The lowest BCUT2D eigenvalue weighted by Crippen LogP contribution is -2.54. The third-order valence-corrected chi connectivity index (χ3v) is 6.06. The lowest BCUT2D eigenvalue weighted by Gasteiger charge is -2.28. The third kappa shape index (κ3) is 5.57. The average molecular weight is 540 g/mol. The standard InChI is InChI=1S/C26H19Cl2N3O4S/c1-15-7-5-6-10-21(15)29-22(32)14-35-23-19(27)12-16(13-20(23)28)11-18-24(33)30-26(36)31(25(18)34)17-8-3-2-4-9-17/h2-13H,14H2,1H3,(H,29,32)(H,30,33,36)/b18-11-. The highest BCUT2D eigenvalue weighted by Crippen LogP contribution is 2.35. The number of hydrogen-bond donors (Lipinski definition) is 2. The molecule has 182 valence electrons. The third-order valence-electron chi connectivity index (χ3n) is 5.21. The van der Waals surface area contributed by atoms with E-state index in [9.17, 15) is 14.4 Å². The molecule has 1 saturated heterocycles. The molecule has 2 N–H and O–H groups in total. The number of aryl methyl sites for hydroxylation is 1. The molecule has 0 spiro atoms. The molecule has 0 radical (unpaired) electrons. The van der Waals surface area contributed by atoms with Gasteiger partial charge in [-0.15, -0.1) is 0 Å². The van der Waals surface area contributed by atoms with E-state index in [-0.39, 0.29) is 39.0 Å². The molecule has 4 rings (SSSR count). The summed E-state index contributed by atoms with van der Waals surface area (Å²) >= 11 is 17.9. The first-order valence-corrected chi connectivity index (χ1v) is 11.8. The first kappa shape index (κ1) is 25.4. The maximum atomic E-state index is 13.1. The van der Waals surface area contributed by atoms with Crippen LogP contribution < -0.4 is 20.3 Å². The van der Waals surface area contributed by atoms with Crippen LogP contribution in [0.1, 0.15) is 11.1 Å². The van der Waals surface area contributed by atoms with E-state index in [1.54, 1.807) is 36.4 Å². The number of ether oxygens (including phenoxy) is 1. The van der Waals surface area contributed by atoms with Crippen LogP contribution >= 0.6 is 35.4 Å². The van der Waals surface area contributed by atoms with Crippen molar-refractivity contribution in [2.45, 2.75) is 6.92 Å². The van der Waals surface area contributed by atoms with Crippen molar-refractivity contribution in [2.75, 3.05) is 16.8 Å². The molecule has 3 aromatic carbocycles. The predicted octanol–water partition coefficient (Wildman–Crippen LogP) is 5.15. The van der Waals surface area contributed by atoms with Gasteiger partial charge in [0, 0.05) is 5.69 Å². The highest BCUT2D eigenvalue weighted by atomic mass is 35.5. The molecule has 1 heterocycles. The second-order valence-electron chi connectivity index (χ2n) is 7.76. The molecule has 0 unspecified atom stereocenters. The summed E-state index contributed by atoms with van der Waals surface area (Å²) in [5, 5.41) is 5.48. The first-order chi connectivity index (χ1) is 17.2. The molecule has 0 saturated carbocycles. The Morgan fingerprint density at radius 3 is 2.36 bits per heavy atom. The van der Waals surface area contributed by atoms with Crippen molar-refractivity contribution in [3.63, 3.8) is 0 Å². The number of thiocarbonyl (C=S) groups is 1. The minimum absolute atomic E-state index is 0.0165. The fourth-order valence-electron chi connectivity index (χ4n) is 3.47. The van der Waals surface area contributed by atoms with Gasteiger partial charge in [-0.3, -0.25) is 24.6 Å². The molecule has 1 fully saturated rings. The zero-order valence-electron chi connectivity index (χ0n) is 18.9. The largest absolute Gasteiger partial charge is 0.481 e. The minimum Gasteiger partial charge on any atom is -0.481 e. The molecular weight excluding hydrogens is 521 g/mol. The fraction of sp³-hybridized carbons (Fsp3) is 0.0769. The Bertz CT molecular complexity index is 1390. The van der Waals surface area contributed by atoms with Gasteiger partial charge in [0.2, 0.25) is 0 Å². The summed E-state index contributed by atoms with van der Waals surface area (Å²) < 4.78 is 5.55. The lowest BCUT2D eigenvalue weighted by molar-refractivity contribution is -0.122. The van der Waals surface area contributed by atoms with Crippen LogP contribution in [0.2, 0.25) is 10.0 Å². The second kappa shape index (κ2) is 10.9. The van der Waals surface area contributed by atoms with E-state index in [4.69, 9.17) is 40.2 Å². The number of anilines is 2. The molecule has 3 aromatic rings. The fourth-order valence-corrected chi connectivity index (χ4v) is 4.37. The Hall–Kier alpha value is -3.72. The highest BCUT2D eigenvalue weighted by Gasteiger charge is 2.34. The van der Waals surface area contributed by atoms with Gasteiger partial charge < -0.3 is 10.1 Å². The zero-order chi connectivity index (χ0) is 25.8. The van der Waals surface area contributed by atoms with Crippen LogP contribution in [-0.4, -0.2) is 29.4 Å². The van der Waals surface area contributed by atoms with E-state index in [1.807, 2.05) is 25.1 Å². The van der Waals surface area contributed by atoms with Gasteiger partial charge in [0.05, 0.1) is 15.7 Å². The number of carbonyl (C=O) groups is 3. The maximum absolute atomic E-state index is 13.1. The van der Waals surface area contributed by atoms with Crippen LogP contribution in [0, 0.1) is 6.92 Å². The van der Waals surface area contributed by atoms with Gasteiger partial charge in [0.15, 0.2) is 17.5 Å². The van der Waals surface area contributed by atoms with Crippen LogP contribution in [-0.2, 0) is 14.4 Å². The van der Waals surface area contributed by atoms with Gasteiger partial charge in [-0.05, 0) is 66.7 Å². The molecule has 3 amide bonds. The van der Waals surface area contributed by atoms with Crippen molar-refractivity contribution in [3.05, 3.63) is 93.5 Å². The maximum Gasteiger partial charge on any atom is 0.270 e. The summed E-state index contributed by atoms with van der Waals surface area (Å²) in [6, 6.07) is 19.0. The van der Waals surface area contributed by atoms with Crippen molar-refractivity contribution in [1.29, 1.82) is 0 Å². The first-order valence-electron chi connectivity index (χ1n) is 10.7. The summed E-state index contributed by atoms with van der Waals surface area (Å²) in [6.07, 6.45) is 1.36. The summed E-state index contributed by atoms with van der Waals surface area (Å²) in [7, 11) is 0. The molecule has 0 aliphatic carbocycles. The van der Waals surface area contributed by atoms with Crippen molar-refractivity contribution < 1.29 is 19.1 Å². The number of amides is 3. The predicted molar refractivity (Wildman–Crippen MR) is 144 cm³/mol. The van der Waals surface area contributed by atoms with E-state index in [0.29, 0.717) is 16.9 Å². The minimum atomic E-state index is -0.641. The molecule has 10 heteroatoms. The number of para-hydroxylation sites is 2. The van der Waals surface area contributed by atoms with Gasteiger partial charge >= 0.3 is 0 Å². The molecule has 0 bridgehead atoms. The monoisotopic (exact) mass is 539 g/mol. The van der Waals surface area contributed by atoms with Gasteiger partial charge in [-0.25, -0.2) is 0 Å². The number of nitrogens with zero attached hydrogens (tertiary/aromatic N) is 1. The summed E-state index contributed by atoms with van der Waals surface area (Å²) in [5.41, 5.74) is 2.34. The molecule has 1 aliphatic heterocycles. The highest BCUT2D eigenvalue weighted by molar-refractivity contribution is 7.80. The summed E-state index contributed by atoms with van der Waals surface area (Å²) in [5.74, 6) is -1.51. The van der Waals surface area contributed by atoms with E-state index < -0.39 is 11.8 Å². The smallest absolute Gasteiger partial charge is 0.270 e. The molecule has 1 aliphatic rings. The average Bonchev–Trinajstić information content (AvgIpc) is 2.83. The normalized spacial score (nSPS) is 14.6. The van der Waals surface area contributed by atoms with Crippen LogP contribution in [0.4, 0.5) is 11.4 Å². The van der Waals surface area contributed by atoms with Crippen LogP contribution in [0.25, 0.3) is 6.08 Å². The Morgan fingerprint density at radius 1 is 1.06 bits per heavy atom. The van der Waals surface area contributed by atoms with Crippen LogP contribution in [0.5, 0.6) is 5.75 Å². The van der Waals surface area contributed by atoms with E-state index in [0.717, 1.165) is 5.56 Å². The Morgan fingerprint density at radius 2 is 1.69 bits per heavy atom. The van der Waals surface area contributed by atoms with E-state index in [1.165, 1.54) is 23.1 Å². The topological polar surface area (TPSA) is 87.7 Å². The van der Waals surface area contributed by atoms with Crippen molar-refractivity contribution in [1.82, 2.24) is 5.32 Å². The Kier molecular flexibility index (Phi) is 7.69. The molecule has 0 atom stereocenters. The van der Waals surface area contributed by atoms with E-state index >= 15 is 0 Å². The van der Waals surface area contributed by atoms with Crippen molar-refractivity contribution in [3.8, 4) is 5.75 Å². The van der Waals surface area contributed by atoms with Crippen LogP contribution in [0.3, 0.4) is 0 Å². The zero-order valence-corrected chi connectivity index (χ0v) is 21.2. The van der Waals surface area contributed by atoms with Gasteiger partial charge in [0.25, 0.3) is 17.7 Å². The summed E-state index contributed by atoms with van der Waals surface area (Å²) in [4.78, 5) is 39.2. The second-order valence-corrected chi connectivity index (χ2v) is 8.96. The molecule has 36 heavy (non-hydrogen) atoms. The van der Waals surface area contributed by atoms with Crippen molar-refractivity contribution >= 4 is 75.7 Å². The van der Waals surface area contributed by atoms with Gasteiger partial charge in [0.1, 0.15) is 5.57 Å².